The van der Waals surface area contributed by atoms with E-state index in [1.54, 1.807) is 12.2 Å². The lowest BCUT2D eigenvalue weighted by atomic mass is 10.1. The van der Waals surface area contributed by atoms with E-state index in [9.17, 15) is 0 Å². The van der Waals surface area contributed by atoms with E-state index in [-0.39, 0.29) is 0 Å². The molecule has 0 fully saturated rings. The summed E-state index contributed by atoms with van der Waals surface area (Å²) in [6, 6.07) is 0. The fourth-order valence-corrected chi connectivity index (χ4v) is 0.758. The third-order valence-electron chi connectivity index (χ3n) is 1.26. The molecular weight excluding hydrogens is 180 g/mol. The van der Waals surface area contributed by atoms with E-state index in [2.05, 4.69) is 58.2 Å². The lowest BCUT2D eigenvalue weighted by Gasteiger charge is -1.97. The molecule has 0 heteroatoms. The standard InChI is InChI=1S/C9H16.2C3H6/c1-4-6-8-9(3)7-5-2;2*1-3-2/h4-7,9H,8H2,1-3H3;2*3H,1H2,2H3. The Bertz CT molecular complexity index is 155. The molecule has 0 aliphatic rings. The quantitative estimate of drug-likeness (QED) is 0.533. The van der Waals surface area contributed by atoms with E-state index in [1.807, 2.05) is 13.8 Å². The highest BCUT2D eigenvalue weighted by molar-refractivity contribution is 4.89. The molecule has 1 atom stereocenters. The molecule has 1 unspecified atom stereocenters. The van der Waals surface area contributed by atoms with Gasteiger partial charge in [0, 0.05) is 0 Å². The van der Waals surface area contributed by atoms with Gasteiger partial charge in [-0.15, -0.1) is 13.2 Å². The predicted molar refractivity (Wildman–Crippen MR) is 75.2 cm³/mol. The van der Waals surface area contributed by atoms with Crippen molar-refractivity contribution in [1.29, 1.82) is 0 Å². The van der Waals surface area contributed by atoms with Gasteiger partial charge in [0.1, 0.15) is 0 Å². The van der Waals surface area contributed by atoms with E-state index >= 15 is 0 Å². The number of allylic oxidation sites excluding steroid dienone is 6. The fourth-order valence-electron chi connectivity index (χ4n) is 0.758. The van der Waals surface area contributed by atoms with Crippen molar-refractivity contribution in [1.82, 2.24) is 0 Å². The fraction of sp³-hybridized carbons (Fsp3) is 0.467. The highest BCUT2D eigenvalue weighted by Crippen LogP contribution is 2.03. The van der Waals surface area contributed by atoms with Crippen LogP contribution < -0.4 is 0 Å². The summed E-state index contributed by atoms with van der Waals surface area (Å²) in [6.45, 7) is 16.8. The van der Waals surface area contributed by atoms with Crippen molar-refractivity contribution in [2.75, 3.05) is 0 Å². The minimum absolute atomic E-state index is 0.700. The smallest absolute Gasteiger partial charge is 0.0227 e. The van der Waals surface area contributed by atoms with Crippen LogP contribution in [0, 0.1) is 5.92 Å². The van der Waals surface area contributed by atoms with Crippen LogP contribution in [0.4, 0.5) is 0 Å². The van der Waals surface area contributed by atoms with Crippen LogP contribution in [0.25, 0.3) is 0 Å². The summed E-state index contributed by atoms with van der Waals surface area (Å²) >= 11 is 0. The van der Waals surface area contributed by atoms with Crippen LogP contribution in [0.2, 0.25) is 0 Å². The Morgan fingerprint density at radius 3 is 1.60 bits per heavy atom. The summed E-state index contributed by atoms with van der Waals surface area (Å²) in [6.07, 6.45) is 13.3. The van der Waals surface area contributed by atoms with Gasteiger partial charge in [0.25, 0.3) is 0 Å². The van der Waals surface area contributed by atoms with Gasteiger partial charge in [0.15, 0.2) is 0 Å². The Balaban J connectivity index is -0.000000200. The maximum Gasteiger partial charge on any atom is -0.0227 e. The molecule has 0 rings (SSSR count). The molecule has 0 aromatic heterocycles. The first-order chi connectivity index (χ1) is 7.14. The van der Waals surface area contributed by atoms with Gasteiger partial charge in [-0.05, 0) is 40.0 Å². The molecule has 0 N–H and O–H groups in total. The highest BCUT2D eigenvalue weighted by Gasteiger charge is 1.88. The minimum Gasteiger partial charge on any atom is -0.103 e. The van der Waals surface area contributed by atoms with Gasteiger partial charge >= 0.3 is 0 Å². The van der Waals surface area contributed by atoms with E-state index in [0.29, 0.717) is 5.92 Å². The van der Waals surface area contributed by atoms with Gasteiger partial charge in [-0.25, -0.2) is 0 Å². The van der Waals surface area contributed by atoms with Gasteiger partial charge in [-0.3, -0.25) is 0 Å². The van der Waals surface area contributed by atoms with Gasteiger partial charge in [-0.2, -0.15) is 0 Å². The first-order valence-electron chi connectivity index (χ1n) is 5.52. The molecule has 0 aliphatic carbocycles. The van der Waals surface area contributed by atoms with Crippen LogP contribution in [-0.2, 0) is 0 Å². The molecule has 88 valence electrons. The molecule has 0 saturated carbocycles. The number of hydrogen-bond acceptors (Lipinski definition) is 0. The zero-order valence-corrected chi connectivity index (χ0v) is 11.2. The molecule has 0 aliphatic heterocycles. The second kappa shape index (κ2) is 23.1. The summed E-state index contributed by atoms with van der Waals surface area (Å²) in [5.74, 6) is 0.700. The predicted octanol–water partition coefficient (Wildman–Crippen LogP) is 5.55. The van der Waals surface area contributed by atoms with E-state index in [4.69, 9.17) is 0 Å². The van der Waals surface area contributed by atoms with Gasteiger partial charge in [0.2, 0.25) is 0 Å². The molecule has 0 aromatic carbocycles. The zero-order chi connectivity index (χ0) is 12.5. The summed E-state index contributed by atoms with van der Waals surface area (Å²) in [5, 5.41) is 0. The van der Waals surface area contributed by atoms with Gasteiger partial charge < -0.3 is 0 Å². The molecule has 0 radical (unpaired) electrons. The van der Waals surface area contributed by atoms with Gasteiger partial charge in [0.05, 0.1) is 0 Å². The van der Waals surface area contributed by atoms with Crippen molar-refractivity contribution in [2.45, 2.75) is 41.0 Å². The SMILES string of the molecule is C=CC.C=CC.CC=CCC(C)C=CC. The molecule has 0 amide bonds. The Morgan fingerprint density at radius 1 is 0.933 bits per heavy atom. The summed E-state index contributed by atoms with van der Waals surface area (Å²) in [4.78, 5) is 0. The minimum atomic E-state index is 0.700. The number of hydrogen-bond donors (Lipinski definition) is 0. The largest absolute Gasteiger partial charge is 0.103 e. The summed E-state index contributed by atoms with van der Waals surface area (Å²) < 4.78 is 0. The third-order valence-corrected chi connectivity index (χ3v) is 1.26. The van der Waals surface area contributed by atoms with Crippen molar-refractivity contribution < 1.29 is 0 Å². The van der Waals surface area contributed by atoms with E-state index in [1.165, 1.54) is 6.42 Å². The lowest BCUT2D eigenvalue weighted by molar-refractivity contribution is 0.742. The van der Waals surface area contributed by atoms with Crippen molar-refractivity contribution in [3.63, 3.8) is 0 Å². The van der Waals surface area contributed by atoms with Crippen LogP contribution in [-0.4, -0.2) is 0 Å². The molecule has 0 nitrogen and oxygen atoms in total. The van der Waals surface area contributed by atoms with Crippen LogP contribution in [0.5, 0.6) is 0 Å². The molecule has 0 spiro atoms. The second-order valence-corrected chi connectivity index (χ2v) is 3.12. The topological polar surface area (TPSA) is 0 Å². The normalized spacial score (nSPS) is 11.0. The molecular formula is C15H28. The molecule has 15 heavy (non-hydrogen) atoms. The van der Waals surface area contributed by atoms with Crippen molar-refractivity contribution in [2.24, 2.45) is 5.92 Å². The summed E-state index contributed by atoms with van der Waals surface area (Å²) in [5.41, 5.74) is 0. The van der Waals surface area contributed by atoms with Gasteiger partial charge in [-0.1, -0.05) is 43.4 Å². The van der Waals surface area contributed by atoms with Crippen LogP contribution >= 0.6 is 0 Å². The molecule has 0 heterocycles. The molecule has 0 bridgehead atoms. The Morgan fingerprint density at radius 2 is 1.33 bits per heavy atom. The first kappa shape index (κ1) is 19.5. The first-order valence-corrected chi connectivity index (χ1v) is 5.52. The van der Waals surface area contributed by atoms with Crippen molar-refractivity contribution in [3.05, 3.63) is 49.6 Å². The highest BCUT2D eigenvalue weighted by atomic mass is 13.9. The average Bonchev–Trinajstić information content (AvgIpc) is 2.18. The monoisotopic (exact) mass is 208 g/mol. The summed E-state index contributed by atoms with van der Waals surface area (Å²) in [7, 11) is 0. The number of rotatable bonds is 3. The van der Waals surface area contributed by atoms with Crippen LogP contribution in [0.15, 0.2) is 49.6 Å². The Kier molecular flexibility index (Phi) is 30.0. The van der Waals surface area contributed by atoms with E-state index in [0.717, 1.165) is 0 Å². The Hall–Kier alpha value is -1.04. The second-order valence-electron chi connectivity index (χ2n) is 3.12. The van der Waals surface area contributed by atoms with Crippen molar-refractivity contribution in [3.8, 4) is 0 Å². The average molecular weight is 208 g/mol. The lowest BCUT2D eigenvalue weighted by Crippen LogP contribution is -1.84. The zero-order valence-electron chi connectivity index (χ0n) is 11.2. The van der Waals surface area contributed by atoms with Crippen LogP contribution in [0.3, 0.4) is 0 Å². The molecule has 0 saturated heterocycles. The van der Waals surface area contributed by atoms with Crippen molar-refractivity contribution >= 4 is 0 Å². The molecule has 0 aromatic rings. The Labute approximate surface area is 97.1 Å². The van der Waals surface area contributed by atoms with Crippen LogP contribution in [0.1, 0.15) is 41.0 Å². The third kappa shape index (κ3) is 43.8. The van der Waals surface area contributed by atoms with E-state index < -0.39 is 0 Å². The maximum absolute atomic E-state index is 3.36. The maximum atomic E-state index is 3.36.